The zero-order chi connectivity index (χ0) is 13.6. The predicted molar refractivity (Wildman–Crippen MR) is 72.3 cm³/mol. The molecule has 4 rings (SSSR count). The van der Waals surface area contributed by atoms with Gasteiger partial charge in [-0.25, -0.2) is 0 Å². The molecule has 3 nitrogen and oxygen atoms in total. The van der Waals surface area contributed by atoms with Crippen molar-refractivity contribution in [1.82, 2.24) is 0 Å². The standard InChI is InChI=1S/C14H20O2.C2H6O/c1-16-14(15)11-6-9-5-10(11)13-8-3-2-7(4-8)12(9)13;1-2-3/h7-13H,2-6H2,1H3;3H,2H2,1H3. The van der Waals surface area contributed by atoms with Crippen molar-refractivity contribution in [2.24, 2.45) is 41.4 Å². The van der Waals surface area contributed by atoms with E-state index in [9.17, 15) is 4.79 Å². The molecule has 0 aliphatic heterocycles. The highest BCUT2D eigenvalue weighted by atomic mass is 16.5. The van der Waals surface area contributed by atoms with Gasteiger partial charge in [-0.05, 0) is 74.5 Å². The van der Waals surface area contributed by atoms with Crippen molar-refractivity contribution in [3.05, 3.63) is 0 Å². The lowest BCUT2D eigenvalue weighted by Crippen LogP contribution is -2.36. The summed E-state index contributed by atoms with van der Waals surface area (Å²) in [6.45, 7) is 1.93. The SMILES string of the molecule is CCO.COC(=O)C1CC2CC1C1C3CCC(C3)C21. The van der Waals surface area contributed by atoms with Crippen molar-refractivity contribution in [3.8, 4) is 0 Å². The molecule has 0 aromatic rings. The maximum Gasteiger partial charge on any atom is 0.308 e. The van der Waals surface area contributed by atoms with Crippen molar-refractivity contribution < 1.29 is 14.6 Å². The molecule has 0 aromatic heterocycles. The van der Waals surface area contributed by atoms with E-state index in [1.54, 1.807) is 14.0 Å². The van der Waals surface area contributed by atoms with Gasteiger partial charge in [0.25, 0.3) is 0 Å². The van der Waals surface area contributed by atoms with Gasteiger partial charge in [-0.15, -0.1) is 0 Å². The summed E-state index contributed by atoms with van der Waals surface area (Å²) in [7, 11) is 1.55. The minimum absolute atomic E-state index is 0.0775. The fourth-order valence-corrected chi connectivity index (χ4v) is 5.99. The Morgan fingerprint density at radius 2 is 1.74 bits per heavy atom. The minimum atomic E-state index is 0.0775. The largest absolute Gasteiger partial charge is 0.469 e. The minimum Gasteiger partial charge on any atom is -0.469 e. The summed E-state index contributed by atoms with van der Waals surface area (Å²) in [4.78, 5) is 11.8. The van der Waals surface area contributed by atoms with Gasteiger partial charge in [0.2, 0.25) is 0 Å². The third-order valence-electron chi connectivity index (χ3n) is 6.24. The highest BCUT2D eigenvalue weighted by Crippen LogP contribution is 2.68. The van der Waals surface area contributed by atoms with Crippen molar-refractivity contribution in [1.29, 1.82) is 0 Å². The van der Waals surface area contributed by atoms with Crippen molar-refractivity contribution in [2.75, 3.05) is 13.7 Å². The lowest BCUT2D eigenvalue weighted by atomic mass is 9.67. The third kappa shape index (κ3) is 1.93. The van der Waals surface area contributed by atoms with Gasteiger partial charge in [0.15, 0.2) is 0 Å². The smallest absolute Gasteiger partial charge is 0.308 e. The van der Waals surface area contributed by atoms with Crippen molar-refractivity contribution in [3.63, 3.8) is 0 Å². The molecule has 1 N–H and O–H groups in total. The molecule has 3 heteroatoms. The molecule has 0 heterocycles. The first-order valence-electron chi connectivity index (χ1n) is 7.89. The van der Waals surface area contributed by atoms with Gasteiger partial charge in [-0.2, -0.15) is 0 Å². The molecule has 4 aliphatic rings. The van der Waals surface area contributed by atoms with Crippen LogP contribution in [0.25, 0.3) is 0 Å². The molecule has 19 heavy (non-hydrogen) atoms. The van der Waals surface area contributed by atoms with Crippen LogP contribution in [0.3, 0.4) is 0 Å². The molecule has 4 fully saturated rings. The first kappa shape index (κ1) is 13.4. The molecular formula is C16H26O3. The monoisotopic (exact) mass is 266 g/mol. The summed E-state index contributed by atoms with van der Waals surface area (Å²) < 4.78 is 4.98. The van der Waals surface area contributed by atoms with Crippen LogP contribution in [-0.2, 0) is 9.53 Å². The molecule has 0 amide bonds. The molecule has 0 saturated heterocycles. The summed E-state index contributed by atoms with van der Waals surface area (Å²) in [6, 6.07) is 0. The first-order valence-corrected chi connectivity index (χ1v) is 7.89. The lowest BCUT2D eigenvalue weighted by molar-refractivity contribution is -0.149. The maximum atomic E-state index is 11.8. The summed E-state index contributed by atoms with van der Waals surface area (Å²) >= 11 is 0. The zero-order valence-corrected chi connectivity index (χ0v) is 12.0. The number of methoxy groups -OCH3 is 1. The van der Waals surface area contributed by atoms with Gasteiger partial charge in [-0.3, -0.25) is 4.79 Å². The quantitative estimate of drug-likeness (QED) is 0.586. The average Bonchev–Trinajstić information content (AvgIpc) is 3.15. The Morgan fingerprint density at radius 3 is 2.37 bits per heavy atom. The van der Waals surface area contributed by atoms with E-state index in [2.05, 4.69) is 0 Å². The normalized spacial score (nSPS) is 48.7. The Hall–Kier alpha value is -0.570. The number of carbonyl (C=O) groups excluding carboxylic acids is 1. The number of esters is 1. The van der Waals surface area contributed by atoms with Crippen LogP contribution in [0.4, 0.5) is 0 Å². The van der Waals surface area contributed by atoms with Gasteiger partial charge in [-0.1, -0.05) is 0 Å². The van der Waals surface area contributed by atoms with Crippen LogP contribution in [0, 0.1) is 41.4 Å². The third-order valence-corrected chi connectivity index (χ3v) is 6.24. The van der Waals surface area contributed by atoms with Crippen LogP contribution >= 0.6 is 0 Å². The molecular weight excluding hydrogens is 240 g/mol. The number of ether oxygens (including phenoxy) is 1. The Kier molecular flexibility index (Phi) is 3.59. The van der Waals surface area contributed by atoms with Crippen LogP contribution < -0.4 is 0 Å². The van der Waals surface area contributed by atoms with E-state index in [1.165, 1.54) is 25.7 Å². The van der Waals surface area contributed by atoms with Gasteiger partial charge >= 0.3 is 5.97 Å². The van der Waals surface area contributed by atoms with E-state index >= 15 is 0 Å². The maximum absolute atomic E-state index is 11.8. The van der Waals surface area contributed by atoms with Gasteiger partial charge in [0, 0.05) is 6.61 Å². The highest BCUT2D eigenvalue weighted by Gasteiger charge is 2.63. The number of aliphatic hydroxyl groups is 1. The number of rotatable bonds is 1. The molecule has 0 aromatic carbocycles. The molecule has 0 radical (unpaired) electrons. The molecule has 4 aliphatic carbocycles. The molecule has 108 valence electrons. The highest BCUT2D eigenvalue weighted by molar-refractivity contribution is 5.73. The van der Waals surface area contributed by atoms with Crippen molar-refractivity contribution in [2.45, 2.75) is 39.0 Å². The lowest BCUT2D eigenvalue weighted by Gasteiger charge is -2.37. The molecule has 7 atom stereocenters. The molecule has 4 bridgehead atoms. The van der Waals surface area contributed by atoms with E-state index in [0.717, 1.165) is 36.0 Å². The van der Waals surface area contributed by atoms with Gasteiger partial charge < -0.3 is 9.84 Å². The number of fused-ring (bicyclic) bond motifs is 9. The van der Waals surface area contributed by atoms with Crippen LogP contribution in [0.5, 0.6) is 0 Å². The summed E-state index contributed by atoms with van der Waals surface area (Å²) in [5.74, 6) is 5.81. The molecule has 4 saturated carbocycles. The van der Waals surface area contributed by atoms with Gasteiger partial charge in [0.05, 0.1) is 13.0 Å². The van der Waals surface area contributed by atoms with E-state index in [0.29, 0.717) is 5.92 Å². The van der Waals surface area contributed by atoms with E-state index in [4.69, 9.17) is 9.84 Å². The topological polar surface area (TPSA) is 46.5 Å². The number of hydrogen-bond acceptors (Lipinski definition) is 3. The van der Waals surface area contributed by atoms with Crippen LogP contribution in [-0.4, -0.2) is 24.8 Å². The van der Waals surface area contributed by atoms with Crippen LogP contribution in [0.1, 0.15) is 39.0 Å². The second-order valence-electron chi connectivity index (χ2n) is 6.83. The summed E-state index contributed by atoms with van der Waals surface area (Å²) in [5, 5.41) is 7.57. The molecule has 7 unspecified atom stereocenters. The number of hydrogen-bond donors (Lipinski definition) is 1. The number of aliphatic hydroxyl groups excluding tert-OH is 1. The fraction of sp³-hybridized carbons (Fsp3) is 0.938. The van der Waals surface area contributed by atoms with Crippen LogP contribution in [0.15, 0.2) is 0 Å². The zero-order valence-electron chi connectivity index (χ0n) is 12.0. The Morgan fingerprint density at radius 1 is 1.11 bits per heavy atom. The Labute approximate surface area is 115 Å². The van der Waals surface area contributed by atoms with E-state index in [-0.39, 0.29) is 18.5 Å². The fourth-order valence-electron chi connectivity index (χ4n) is 5.99. The van der Waals surface area contributed by atoms with E-state index < -0.39 is 0 Å². The first-order chi connectivity index (χ1) is 9.21. The average molecular weight is 266 g/mol. The van der Waals surface area contributed by atoms with Crippen molar-refractivity contribution >= 4 is 5.97 Å². The van der Waals surface area contributed by atoms with E-state index in [1.807, 2.05) is 0 Å². The second-order valence-corrected chi connectivity index (χ2v) is 6.83. The Bertz CT molecular complexity index is 354. The van der Waals surface area contributed by atoms with Crippen LogP contribution in [0.2, 0.25) is 0 Å². The molecule has 0 spiro atoms. The Balaban J connectivity index is 0.000000339. The summed E-state index contributed by atoms with van der Waals surface area (Å²) in [5.41, 5.74) is 0. The second kappa shape index (κ2) is 5.08. The van der Waals surface area contributed by atoms with Gasteiger partial charge in [0.1, 0.15) is 0 Å². The predicted octanol–water partition coefficient (Wildman–Crippen LogP) is 2.48. The number of carbonyl (C=O) groups is 1. The summed E-state index contributed by atoms with van der Waals surface area (Å²) in [6.07, 6.45) is 6.89.